The highest BCUT2D eigenvalue weighted by molar-refractivity contribution is 5.91. The first-order valence-corrected chi connectivity index (χ1v) is 9.79. The van der Waals surface area contributed by atoms with E-state index in [4.69, 9.17) is 11.2 Å². The summed E-state index contributed by atoms with van der Waals surface area (Å²) in [5, 5.41) is 14.5. The van der Waals surface area contributed by atoms with Crippen LogP contribution in [0.15, 0.2) is 24.3 Å². The van der Waals surface area contributed by atoms with Gasteiger partial charge in [0, 0.05) is 11.1 Å². The minimum atomic E-state index is -1.08. The van der Waals surface area contributed by atoms with E-state index in [0.717, 1.165) is 4.90 Å². The van der Waals surface area contributed by atoms with Gasteiger partial charge in [0.25, 0.3) is 0 Å². The molecule has 1 unspecified atom stereocenters. The van der Waals surface area contributed by atoms with Gasteiger partial charge in [-0.15, -0.1) is 6.42 Å². The zero-order valence-corrected chi connectivity index (χ0v) is 18.9. The second-order valence-corrected chi connectivity index (χ2v) is 8.94. The summed E-state index contributed by atoms with van der Waals surface area (Å²) in [4.78, 5) is 39.0. The molecule has 31 heavy (non-hydrogen) atoms. The maximum atomic E-state index is 13.1. The van der Waals surface area contributed by atoms with E-state index in [9.17, 15) is 19.6 Å². The largest absolute Gasteiger partial charge is 0.444 e. The average molecular weight is 427 g/mol. The molecule has 0 heterocycles. The first-order chi connectivity index (χ1) is 14.3. The number of ether oxygens (including phenoxy) is 1. The fourth-order valence-corrected chi connectivity index (χ4v) is 2.64. The molecule has 0 aliphatic rings. The third-order valence-corrected chi connectivity index (χ3v) is 3.80. The third kappa shape index (κ3) is 8.79. The van der Waals surface area contributed by atoms with Crippen molar-refractivity contribution in [3.05, 3.63) is 35.4 Å². The van der Waals surface area contributed by atoms with Crippen LogP contribution >= 0.6 is 0 Å². The lowest BCUT2D eigenvalue weighted by atomic mass is 10.0. The number of hydrogen-bond donors (Lipinski definition) is 2. The van der Waals surface area contributed by atoms with Crippen molar-refractivity contribution >= 4 is 17.9 Å². The summed E-state index contributed by atoms with van der Waals surface area (Å²) in [7, 11) is 0. The Morgan fingerprint density at radius 1 is 1.13 bits per heavy atom. The van der Waals surface area contributed by atoms with E-state index in [0.29, 0.717) is 11.1 Å². The zero-order valence-electron chi connectivity index (χ0n) is 18.9. The summed E-state index contributed by atoms with van der Waals surface area (Å²) in [5.74, 6) is 1.43. The smallest absolute Gasteiger partial charge is 0.408 e. The molecule has 0 spiro atoms. The lowest BCUT2D eigenvalue weighted by Gasteiger charge is -2.32. The molecular weight excluding hydrogens is 396 g/mol. The number of carbonyl (C=O) groups is 3. The van der Waals surface area contributed by atoms with Crippen LogP contribution in [0.2, 0.25) is 0 Å². The number of nitrogens with one attached hydrogen (secondary N) is 2. The van der Waals surface area contributed by atoms with Crippen LogP contribution in [-0.4, -0.2) is 47.0 Å². The third-order valence-electron chi connectivity index (χ3n) is 3.80. The van der Waals surface area contributed by atoms with E-state index in [-0.39, 0.29) is 6.54 Å². The number of nitriles is 1. The minimum Gasteiger partial charge on any atom is -0.444 e. The van der Waals surface area contributed by atoms with E-state index in [1.54, 1.807) is 45.0 Å². The number of benzene rings is 1. The molecule has 1 atom stereocenters. The van der Waals surface area contributed by atoms with Crippen LogP contribution in [0.4, 0.5) is 4.79 Å². The summed E-state index contributed by atoms with van der Waals surface area (Å²) >= 11 is 0. The van der Waals surface area contributed by atoms with Crippen LogP contribution in [0, 0.1) is 23.7 Å². The predicted octanol–water partition coefficient (Wildman–Crippen LogP) is 2.50. The summed E-state index contributed by atoms with van der Waals surface area (Å²) in [6.07, 6.45) is 4.63. The topological polar surface area (TPSA) is 112 Å². The Balaban J connectivity index is 3.20. The van der Waals surface area contributed by atoms with Gasteiger partial charge in [0.05, 0.1) is 6.07 Å². The number of rotatable bonds is 6. The van der Waals surface area contributed by atoms with Gasteiger partial charge in [-0.3, -0.25) is 9.59 Å². The number of amides is 3. The number of hydrogen-bond acceptors (Lipinski definition) is 5. The van der Waals surface area contributed by atoms with E-state index >= 15 is 0 Å². The van der Waals surface area contributed by atoms with Crippen molar-refractivity contribution in [2.24, 2.45) is 0 Å². The molecule has 0 aliphatic heterocycles. The van der Waals surface area contributed by atoms with E-state index in [1.165, 1.54) is 0 Å². The highest BCUT2D eigenvalue weighted by Crippen LogP contribution is 2.23. The van der Waals surface area contributed by atoms with Gasteiger partial charge >= 0.3 is 6.09 Å². The van der Waals surface area contributed by atoms with Crippen molar-refractivity contribution in [3.8, 4) is 18.4 Å². The van der Waals surface area contributed by atoms with E-state index in [1.807, 2.05) is 26.8 Å². The van der Waals surface area contributed by atoms with Crippen LogP contribution in [0.3, 0.4) is 0 Å². The Morgan fingerprint density at radius 3 is 2.16 bits per heavy atom. The molecule has 0 fully saturated rings. The molecule has 0 aliphatic carbocycles. The molecule has 166 valence electrons. The average Bonchev–Trinajstić information content (AvgIpc) is 2.63. The Kier molecular flexibility index (Phi) is 8.64. The Morgan fingerprint density at radius 2 is 1.71 bits per heavy atom. The zero-order chi connectivity index (χ0) is 23.8. The minimum absolute atomic E-state index is 0.353. The van der Waals surface area contributed by atoms with E-state index < -0.39 is 41.6 Å². The number of terminal acetylenes is 1. The molecule has 8 nitrogen and oxygen atoms in total. The molecule has 0 radical (unpaired) electrons. The van der Waals surface area contributed by atoms with Gasteiger partial charge in [-0.05, 0) is 59.2 Å². The molecule has 8 heteroatoms. The Bertz CT molecular complexity index is 881. The van der Waals surface area contributed by atoms with Crippen molar-refractivity contribution in [3.63, 3.8) is 0 Å². The SMILES string of the molecule is C#Cc1ccc(C(C(=O)NC(C)(C)C)N(CC#N)C(=O)CNC(=O)OC(C)(C)C)cc1. The van der Waals surface area contributed by atoms with Gasteiger partial charge in [-0.25, -0.2) is 4.79 Å². The van der Waals surface area contributed by atoms with Crippen molar-refractivity contribution in [1.82, 2.24) is 15.5 Å². The molecule has 1 aromatic carbocycles. The van der Waals surface area contributed by atoms with Gasteiger partial charge < -0.3 is 20.3 Å². The molecule has 0 saturated carbocycles. The second-order valence-electron chi connectivity index (χ2n) is 8.94. The summed E-state index contributed by atoms with van der Waals surface area (Å²) in [6.45, 7) is 9.74. The highest BCUT2D eigenvalue weighted by atomic mass is 16.6. The maximum absolute atomic E-state index is 13.1. The van der Waals surface area contributed by atoms with Crippen LogP contribution in [0.5, 0.6) is 0 Å². The number of alkyl carbamates (subject to hydrolysis) is 1. The fourth-order valence-electron chi connectivity index (χ4n) is 2.64. The molecule has 1 aromatic rings. The first-order valence-electron chi connectivity index (χ1n) is 9.79. The molecule has 2 N–H and O–H groups in total. The predicted molar refractivity (Wildman–Crippen MR) is 117 cm³/mol. The number of nitrogens with zero attached hydrogens (tertiary/aromatic N) is 2. The Labute approximate surface area is 183 Å². The van der Waals surface area contributed by atoms with Crippen LogP contribution in [-0.2, 0) is 14.3 Å². The molecule has 0 saturated heterocycles. The van der Waals surface area contributed by atoms with Crippen molar-refractivity contribution < 1.29 is 19.1 Å². The van der Waals surface area contributed by atoms with Crippen LogP contribution in [0.25, 0.3) is 0 Å². The van der Waals surface area contributed by atoms with E-state index in [2.05, 4.69) is 16.6 Å². The number of carbonyl (C=O) groups excluding carboxylic acids is 3. The van der Waals surface area contributed by atoms with Gasteiger partial charge in [-0.2, -0.15) is 5.26 Å². The quantitative estimate of drug-likeness (QED) is 0.536. The summed E-state index contributed by atoms with van der Waals surface area (Å²) < 4.78 is 5.13. The van der Waals surface area contributed by atoms with Crippen molar-refractivity contribution in [2.75, 3.05) is 13.1 Å². The second kappa shape index (κ2) is 10.5. The molecule has 0 bridgehead atoms. The maximum Gasteiger partial charge on any atom is 0.408 e. The fraction of sp³-hybridized carbons (Fsp3) is 0.478. The lowest BCUT2D eigenvalue weighted by Crippen LogP contribution is -2.51. The molecule has 1 rings (SSSR count). The van der Waals surface area contributed by atoms with Crippen molar-refractivity contribution in [2.45, 2.75) is 58.7 Å². The van der Waals surface area contributed by atoms with Crippen molar-refractivity contribution in [1.29, 1.82) is 5.26 Å². The van der Waals surface area contributed by atoms with Gasteiger partial charge in [0.1, 0.15) is 24.7 Å². The molecule has 3 amide bonds. The van der Waals surface area contributed by atoms with Crippen LogP contribution < -0.4 is 10.6 Å². The lowest BCUT2D eigenvalue weighted by molar-refractivity contribution is -0.140. The summed E-state index contributed by atoms with van der Waals surface area (Å²) in [6, 6.07) is 7.42. The Hall–Kier alpha value is -3.52. The molecule has 0 aromatic heterocycles. The van der Waals surface area contributed by atoms with Gasteiger partial charge in [0.15, 0.2) is 0 Å². The normalized spacial score (nSPS) is 12.0. The van der Waals surface area contributed by atoms with Gasteiger partial charge in [0.2, 0.25) is 11.8 Å². The van der Waals surface area contributed by atoms with Gasteiger partial charge in [-0.1, -0.05) is 18.1 Å². The molecular formula is C23H30N4O4. The van der Waals surface area contributed by atoms with Crippen LogP contribution in [0.1, 0.15) is 58.7 Å². The first kappa shape index (κ1) is 25.5. The highest BCUT2D eigenvalue weighted by Gasteiger charge is 2.33. The summed E-state index contributed by atoms with van der Waals surface area (Å²) in [5.41, 5.74) is -0.192. The standard InChI is InChI=1S/C23H30N4O4/c1-8-16-9-11-17(12-10-16)19(20(29)26-22(2,3)4)27(14-13-24)18(28)15-25-21(30)31-23(5,6)7/h1,9-12,19H,14-15H2,2-7H3,(H,25,30)(H,26,29). The monoisotopic (exact) mass is 426 g/mol.